The predicted molar refractivity (Wildman–Crippen MR) is 129 cm³/mol. The monoisotopic (exact) mass is 548 g/mol. The smallest absolute Gasteiger partial charge is 0.225 e. The molecule has 2 aliphatic carbocycles. The molecule has 1 heterocycles. The molecule has 0 radical (unpaired) electrons. The summed E-state index contributed by atoms with van der Waals surface area (Å²) in [6, 6.07) is 5.16. The van der Waals surface area contributed by atoms with Crippen LogP contribution in [0.25, 0.3) is 0 Å². The van der Waals surface area contributed by atoms with E-state index in [2.05, 4.69) is 15.6 Å². The molecule has 1 saturated heterocycles. The van der Waals surface area contributed by atoms with Gasteiger partial charge in [-0.25, -0.2) is 4.39 Å². The van der Waals surface area contributed by atoms with Crippen molar-refractivity contribution in [3.8, 4) is 0 Å². The van der Waals surface area contributed by atoms with Gasteiger partial charge in [0.25, 0.3) is 0 Å². The van der Waals surface area contributed by atoms with Gasteiger partial charge in [0.2, 0.25) is 5.91 Å². The Balaban J connectivity index is 0.00000256. The van der Waals surface area contributed by atoms with Gasteiger partial charge in [-0.15, -0.1) is 24.0 Å². The van der Waals surface area contributed by atoms with E-state index in [4.69, 9.17) is 11.6 Å². The molecule has 166 valence electrons. The summed E-state index contributed by atoms with van der Waals surface area (Å²) in [5.74, 6) is 1.12. The van der Waals surface area contributed by atoms with Crippen LogP contribution in [0.15, 0.2) is 23.2 Å². The molecule has 1 amide bonds. The molecular formula is C22H31ClFIN4O. The summed E-state index contributed by atoms with van der Waals surface area (Å²) in [6.45, 7) is 4.19. The van der Waals surface area contributed by atoms with E-state index < -0.39 is 0 Å². The van der Waals surface area contributed by atoms with E-state index in [1.165, 1.54) is 18.9 Å². The second-order valence-electron chi connectivity index (χ2n) is 8.45. The van der Waals surface area contributed by atoms with Crippen LogP contribution in [0.5, 0.6) is 0 Å². The van der Waals surface area contributed by atoms with Crippen molar-refractivity contribution in [2.45, 2.75) is 63.5 Å². The van der Waals surface area contributed by atoms with Crippen LogP contribution in [0.4, 0.5) is 4.39 Å². The van der Waals surface area contributed by atoms with E-state index in [9.17, 15) is 9.18 Å². The first kappa shape index (κ1) is 23.6. The first-order valence-electron chi connectivity index (χ1n) is 10.9. The number of hydrogen-bond acceptors (Lipinski definition) is 2. The fourth-order valence-electron chi connectivity index (χ4n) is 4.71. The van der Waals surface area contributed by atoms with E-state index >= 15 is 0 Å². The third kappa shape index (κ3) is 5.39. The molecule has 0 spiro atoms. The maximum atomic E-state index is 14.2. The van der Waals surface area contributed by atoms with Gasteiger partial charge in [-0.05, 0) is 44.7 Å². The molecule has 0 aromatic heterocycles. The zero-order valence-electron chi connectivity index (χ0n) is 17.4. The van der Waals surface area contributed by atoms with Crippen LogP contribution in [-0.2, 0) is 4.79 Å². The van der Waals surface area contributed by atoms with Gasteiger partial charge in [0.05, 0.1) is 0 Å². The second-order valence-corrected chi connectivity index (χ2v) is 8.85. The van der Waals surface area contributed by atoms with Crippen molar-refractivity contribution in [1.82, 2.24) is 15.5 Å². The molecule has 1 aromatic carbocycles. The number of amides is 1. The first-order chi connectivity index (χ1) is 14.1. The molecule has 5 nitrogen and oxygen atoms in total. The molecule has 4 rings (SSSR count). The number of carbonyl (C=O) groups excluding carboxylic acids is 1. The summed E-state index contributed by atoms with van der Waals surface area (Å²) in [5, 5.41) is 7.40. The number of rotatable bonds is 5. The number of hydrogen-bond donors (Lipinski definition) is 2. The SMILES string of the molecule is CCN=C(NC1CCN(C(=O)C2CCCC2)C1)NC1CC1c1c(F)cccc1Cl.I. The van der Waals surface area contributed by atoms with E-state index in [1.807, 2.05) is 11.8 Å². The predicted octanol–water partition coefficient (Wildman–Crippen LogP) is 4.30. The fourth-order valence-corrected chi connectivity index (χ4v) is 5.01. The first-order valence-corrected chi connectivity index (χ1v) is 11.2. The average Bonchev–Trinajstić information content (AvgIpc) is 3.11. The van der Waals surface area contributed by atoms with Crippen molar-refractivity contribution in [2.24, 2.45) is 10.9 Å². The van der Waals surface area contributed by atoms with Crippen molar-refractivity contribution in [2.75, 3.05) is 19.6 Å². The van der Waals surface area contributed by atoms with Gasteiger partial charge in [-0.1, -0.05) is 30.5 Å². The fraction of sp³-hybridized carbons (Fsp3) is 0.636. The van der Waals surface area contributed by atoms with Crippen molar-refractivity contribution in [3.63, 3.8) is 0 Å². The van der Waals surface area contributed by atoms with Crippen LogP contribution < -0.4 is 10.6 Å². The Morgan fingerprint density at radius 1 is 1.27 bits per heavy atom. The summed E-state index contributed by atoms with van der Waals surface area (Å²) in [7, 11) is 0. The molecule has 1 aromatic rings. The van der Waals surface area contributed by atoms with E-state index in [-0.39, 0.29) is 53.7 Å². The lowest BCUT2D eigenvalue weighted by molar-refractivity contribution is -0.134. The summed E-state index contributed by atoms with van der Waals surface area (Å²) < 4.78 is 14.2. The molecule has 2 saturated carbocycles. The number of likely N-dealkylation sites (tertiary alicyclic amines) is 1. The minimum Gasteiger partial charge on any atom is -0.353 e. The van der Waals surface area contributed by atoms with Crippen molar-refractivity contribution in [1.29, 1.82) is 0 Å². The molecule has 3 fully saturated rings. The average molecular weight is 549 g/mol. The number of nitrogens with zero attached hydrogens (tertiary/aromatic N) is 2. The quantitative estimate of drug-likeness (QED) is 0.328. The van der Waals surface area contributed by atoms with Crippen LogP contribution in [0.3, 0.4) is 0 Å². The third-order valence-electron chi connectivity index (χ3n) is 6.34. The van der Waals surface area contributed by atoms with Crippen molar-refractivity contribution < 1.29 is 9.18 Å². The zero-order valence-corrected chi connectivity index (χ0v) is 20.5. The van der Waals surface area contributed by atoms with E-state index in [0.717, 1.165) is 44.7 Å². The Bertz CT molecular complexity index is 766. The Labute approximate surface area is 200 Å². The van der Waals surface area contributed by atoms with Gasteiger partial charge in [0.1, 0.15) is 5.82 Å². The molecule has 2 N–H and O–H groups in total. The van der Waals surface area contributed by atoms with Gasteiger partial charge < -0.3 is 15.5 Å². The molecular weight excluding hydrogens is 518 g/mol. The van der Waals surface area contributed by atoms with Gasteiger partial charge in [-0.3, -0.25) is 9.79 Å². The van der Waals surface area contributed by atoms with Crippen LogP contribution in [0.1, 0.15) is 56.9 Å². The largest absolute Gasteiger partial charge is 0.353 e. The van der Waals surface area contributed by atoms with Crippen LogP contribution in [0.2, 0.25) is 5.02 Å². The number of nitrogens with one attached hydrogen (secondary N) is 2. The lowest BCUT2D eigenvalue weighted by atomic mass is 10.1. The Kier molecular flexibility index (Phi) is 8.24. The summed E-state index contributed by atoms with van der Waals surface area (Å²) in [5.41, 5.74) is 0.594. The zero-order chi connectivity index (χ0) is 20.4. The normalized spacial score (nSPS) is 26.4. The molecule has 0 bridgehead atoms. The minimum absolute atomic E-state index is 0. The Morgan fingerprint density at radius 3 is 2.73 bits per heavy atom. The molecule has 3 atom stereocenters. The standard InChI is InChI=1S/C22H30ClFN4O.HI/c1-2-25-22(27-19-12-16(19)20-17(23)8-5-9-18(20)24)26-15-10-11-28(13-15)21(29)14-6-3-4-7-14;/h5,8-9,14-16,19H,2-4,6-7,10-13H2,1H3,(H2,25,26,27);1H. The van der Waals surface area contributed by atoms with Gasteiger partial charge in [0, 0.05) is 54.1 Å². The van der Waals surface area contributed by atoms with Crippen molar-refractivity contribution >= 4 is 47.4 Å². The highest BCUT2D eigenvalue weighted by Gasteiger charge is 2.42. The second kappa shape index (κ2) is 10.5. The number of aliphatic imine (C=N–C) groups is 1. The molecule has 3 unspecified atom stereocenters. The lowest BCUT2D eigenvalue weighted by Gasteiger charge is -2.21. The summed E-state index contributed by atoms with van der Waals surface area (Å²) in [4.78, 5) is 19.2. The number of halogens is 3. The lowest BCUT2D eigenvalue weighted by Crippen LogP contribution is -2.46. The maximum Gasteiger partial charge on any atom is 0.225 e. The Hall–Kier alpha value is -1.09. The number of benzene rings is 1. The summed E-state index contributed by atoms with van der Waals surface area (Å²) in [6.07, 6.45) is 6.20. The maximum absolute atomic E-state index is 14.2. The highest BCUT2D eigenvalue weighted by atomic mass is 127. The van der Waals surface area contributed by atoms with Crippen LogP contribution in [0, 0.1) is 11.7 Å². The van der Waals surface area contributed by atoms with Gasteiger partial charge >= 0.3 is 0 Å². The number of carbonyl (C=O) groups is 1. The Morgan fingerprint density at radius 2 is 2.03 bits per heavy atom. The van der Waals surface area contributed by atoms with Crippen molar-refractivity contribution in [3.05, 3.63) is 34.6 Å². The molecule has 3 aliphatic rings. The van der Waals surface area contributed by atoms with E-state index in [1.54, 1.807) is 12.1 Å². The molecule has 8 heteroatoms. The van der Waals surface area contributed by atoms with Crippen LogP contribution >= 0.6 is 35.6 Å². The molecule has 1 aliphatic heterocycles. The van der Waals surface area contributed by atoms with E-state index in [0.29, 0.717) is 23.0 Å². The minimum atomic E-state index is -0.245. The van der Waals surface area contributed by atoms with Crippen LogP contribution in [-0.4, -0.2) is 48.5 Å². The van der Waals surface area contributed by atoms with Gasteiger partial charge in [-0.2, -0.15) is 0 Å². The highest BCUT2D eigenvalue weighted by molar-refractivity contribution is 14.0. The number of guanidine groups is 1. The topological polar surface area (TPSA) is 56.7 Å². The molecule has 30 heavy (non-hydrogen) atoms. The summed E-state index contributed by atoms with van der Waals surface area (Å²) >= 11 is 6.21. The third-order valence-corrected chi connectivity index (χ3v) is 6.67. The van der Waals surface area contributed by atoms with Gasteiger partial charge in [0.15, 0.2) is 5.96 Å². The highest BCUT2D eigenvalue weighted by Crippen LogP contribution is 2.44.